The van der Waals surface area contributed by atoms with Crippen LogP contribution < -0.4 is 10.1 Å². The van der Waals surface area contributed by atoms with E-state index in [2.05, 4.69) is 12.2 Å². The number of hydrogen-bond donors (Lipinski definition) is 1. The van der Waals surface area contributed by atoms with Crippen LogP contribution in [-0.4, -0.2) is 24.6 Å². The molecule has 2 atom stereocenters. The zero-order chi connectivity index (χ0) is 20.3. The zero-order valence-corrected chi connectivity index (χ0v) is 17.8. The normalized spacial score (nSPS) is 16.8. The third kappa shape index (κ3) is 4.67. The Kier molecular flexibility index (Phi) is 6.62. The number of carbonyl (C=O) groups excluding carboxylic acids is 2. The number of benzene rings is 1. The van der Waals surface area contributed by atoms with Gasteiger partial charge in [0.1, 0.15) is 10.8 Å². The Morgan fingerprint density at radius 2 is 2.18 bits per heavy atom. The van der Waals surface area contributed by atoms with Gasteiger partial charge in [-0.05, 0) is 62.8 Å². The van der Waals surface area contributed by atoms with Crippen LogP contribution in [0.5, 0.6) is 5.75 Å². The SMILES string of the molecule is CCOC(=O)c1c(NC(=O)[C@@H](C)Oc2cccc(Cl)c2)sc2c1CC[C@@H](C)C2. The first-order valence-electron chi connectivity index (χ1n) is 9.43. The van der Waals surface area contributed by atoms with E-state index in [0.29, 0.717) is 33.9 Å². The van der Waals surface area contributed by atoms with E-state index < -0.39 is 6.10 Å². The van der Waals surface area contributed by atoms with Gasteiger partial charge in [-0.2, -0.15) is 0 Å². The molecule has 0 unspecified atom stereocenters. The van der Waals surface area contributed by atoms with Crippen LogP contribution in [0.1, 0.15) is 48.0 Å². The van der Waals surface area contributed by atoms with Crippen LogP contribution in [0.2, 0.25) is 5.02 Å². The molecule has 0 spiro atoms. The van der Waals surface area contributed by atoms with E-state index in [1.807, 2.05) is 0 Å². The molecular formula is C21H24ClNO4S. The summed E-state index contributed by atoms with van der Waals surface area (Å²) < 4.78 is 10.9. The lowest BCUT2D eigenvalue weighted by Gasteiger charge is -2.18. The van der Waals surface area contributed by atoms with Gasteiger partial charge in [0.05, 0.1) is 12.2 Å². The lowest BCUT2D eigenvalue weighted by atomic mass is 9.88. The molecule has 0 radical (unpaired) electrons. The molecule has 1 aromatic carbocycles. The number of amides is 1. The summed E-state index contributed by atoms with van der Waals surface area (Å²) in [6.07, 6.45) is 2.02. The Morgan fingerprint density at radius 1 is 1.39 bits per heavy atom. The van der Waals surface area contributed by atoms with Crippen molar-refractivity contribution in [3.8, 4) is 5.75 Å². The molecule has 3 rings (SSSR count). The maximum Gasteiger partial charge on any atom is 0.341 e. The number of fused-ring (bicyclic) bond motifs is 1. The Labute approximate surface area is 174 Å². The average molecular weight is 422 g/mol. The summed E-state index contributed by atoms with van der Waals surface area (Å²) in [5.41, 5.74) is 1.51. The molecule has 1 N–H and O–H groups in total. The first kappa shape index (κ1) is 20.7. The number of carbonyl (C=O) groups is 2. The molecule has 0 bridgehead atoms. The minimum atomic E-state index is -0.744. The summed E-state index contributed by atoms with van der Waals surface area (Å²) in [6.45, 7) is 5.93. The molecule has 0 saturated carbocycles. The number of halogens is 1. The standard InChI is InChI=1S/C21H24ClNO4S/c1-4-26-21(25)18-16-9-8-12(2)10-17(16)28-20(18)23-19(24)13(3)27-15-7-5-6-14(22)11-15/h5-7,11-13H,4,8-10H2,1-3H3,(H,23,24)/t12-,13-/m1/s1. The fourth-order valence-corrected chi connectivity index (χ4v) is 4.85. The Hall–Kier alpha value is -2.05. The lowest BCUT2D eigenvalue weighted by molar-refractivity contribution is -0.122. The number of esters is 1. The van der Waals surface area contributed by atoms with Gasteiger partial charge in [0, 0.05) is 9.90 Å². The molecule has 1 aliphatic rings. The summed E-state index contributed by atoms with van der Waals surface area (Å²) in [6, 6.07) is 6.89. The molecule has 0 saturated heterocycles. The highest BCUT2D eigenvalue weighted by molar-refractivity contribution is 7.17. The van der Waals surface area contributed by atoms with Crippen LogP contribution in [0.4, 0.5) is 5.00 Å². The summed E-state index contributed by atoms with van der Waals surface area (Å²) in [7, 11) is 0. The van der Waals surface area contributed by atoms with Gasteiger partial charge in [-0.1, -0.05) is 24.6 Å². The van der Waals surface area contributed by atoms with E-state index in [4.69, 9.17) is 21.1 Å². The Morgan fingerprint density at radius 3 is 2.89 bits per heavy atom. The second-order valence-corrected chi connectivity index (χ2v) is 8.52. The Balaban J connectivity index is 1.80. The molecular weight excluding hydrogens is 398 g/mol. The van der Waals surface area contributed by atoms with E-state index in [0.717, 1.165) is 29.7 Å². The minimum Gasteiger partial charge on any atom is -0.481 e. The van der Waals surface area contributed by atoms with Crippen molar-refractivity contribution in [2.75, 3.05) is 11.9 Å². The summed E-state index contributed by atoms with van der Waals surface area (Å²) in [5.74, 6) is 0.375. The van der Waals surface area contributed by atoms with Crippen LogP contribution in [0.15, 0.2) is 24.3 Å². The molecule has 1 amide bonds. The van der Waals surface area contributed by atoms with Crippen molar-refractivity contribution < 1.29 is 19.1 Å². The highest BCUT2D eigenvalue weighted by atomic mass is 35.5. The summed E-state index contributed by atoms with van der Waals surface area (Å²) >= 11 is 7.43. The van der Waals surface area contributed by atoms with Gasteiger partial charge < -0.3 is 14.8 Å². The average Bonchev–Trinajstić information content (AvgIpc) is 2.98. The topological polar surface area (TPSA) is 64.6 Å². The number of ether oxygens (including phenoxy) is 2. The van der Waals surface area contributed by atoms with Gasteiger partial charge in [-0.3, -0.25) is 4.79 Å². The van der Waals surface area contributed by atoms with Crippen LogP contribution in [0.25, 0.3) is 0 Å². The molecule has 1 aromatic heterocycles. The van der Waals surface area contributed by atoms with E-state index in [1.54, 1.807) is 38.1 Å². The molecule has 1 aliphatic carbocycles. The predicted molar refractivity (Wildman–Crippen MR) is 112 cm³/mol. The largest absolute Gasteiger partial charge is 0.481 e. The summed E-state index contributed by atoms with van der Waals surface area (Å²) in [5, 5.41) is 3.96. The molecule has 28 heavy (non-hydrogen) atoms. The molecule has 1 heterocycles. The van der Waals surface area contributed by atoms with Crippen molar-refractivity contribution in [2.24, 2.45) is 5.92 Å². The van der Waals surface area contributed by atoms with Crippen LogP contribution in [0, 0.1) is 5.92 Å². The lowest BCUT2D eigenvalue weighted by Crippen LogP contribution is -2.30. The first-order valence-corrected chi connectivity index (χ1v) is 10.6. The van der Waals surface area contributed by atoms with Crippen molar-refractivity contribution in [3.05, 3.63) is 45.3 Å². The second kappa shape index (κ2) is 8.97. The van der Waals surface area contributed by atoms with Gasteiger partial charge in [-0.25, -0.2) is 4.79 Å². The molecule has 150 valence electrons. The number of thiophene rings is 1. The smallest absolute Gasteiger partial charge is 0.341 e. The van der Waals surface area contributed by atoms with Gasteiger partial charge in [0.2, 0.25) is 0 Å². The molecule has 2 aromatic rings. The van der Waals surface area contributed by atoms with Gasteiger partial charge in [-0.15, -0.1) is 11.3 Å². The van der Waals surface area contributed by atoms with Crippen molar-refractivity contribution in [3.63, 3.8) is 0 Å². The van der Waals surface area contributed by atoms with Gasteiger partial charge in [0.15, 0.2) is 6.10 Å². The van der Waals surface area contributed by atoms with Crippen LogP contribution >= 0.6 is 22.9 Å². The minimum absolute atomic E-state index is 0.293. The highest BCUT2D eigenvalue weighted by Gasteiger charge is 2.30. The van der Waals surface area contributed by atoms with Crippen molar-refractivity contribution >= 4 is 39.8 Å². The fraction of sp³-hybridized carbons (Fsp3) is 0.429. The third-order valence-corrected chi connectivity index (χ3v) is 6.11. The quantitative estimate of drug-likeness (QED) is 0.658. The van der Waals surface area contributed by atoms with Crippen molar-refractivity contribution in [2.45, 2.75) is 46.1 Å². The fourth-order valence-electron chi connectivity index (χ4n) is 3.27. The summed E-state index contributed by atoms with van der Waals surface area (Å²) in [4.78, 5) is 26.4. The van der Waals surface area contributed by atoms with Crippen LogP contribution in [0.3, 0.4) is 0 Å². The van der Waals surface area contributed by atoms with E-state index in [1.165, 1.54) is 11.3 Å². The maximum atomic E-state index is 12.7. The molecule has 5 nitrogen and oxygen atoms in total. The first-order chi connectivity index (χ1) is 13.4. The number of rotatable bonds is 6. The number of hydrogen-bond acceptors (Lipinski definition) is 5. The molecule has 7 heteroatoms. The second-order valence-electron chi connectivity index (χ2n) is 6.98. The molecule has 0 fully saturated rings. The zero-order valence-electron chi connectivity index (χ0n) is 16.2. The van der Waals surface area contributed by atoms with Crippen molar-refractivity contribution in [1.82, 2.24) is 0 Å². The maximum absolute atomic E-state index is 12.7. The highest BCUT2D eigenvalue weighted by Crippen LogP contribution is 2.40. The van der Waals surface area contributed by atoms with E-state index >= 15 is 0 Å². The van der Waals surface area contributed by atoms with Crippen molar-refractivity contribution in [1.29, 1.82) is 0 Å². The van der Waals surface area contributed by atoms with E-state index in [9.17, 15) is 9.59 Å². The van der Waals surface area contributed by atoms with E-state index in [-0.39, 0.29) is 11.9 Å². The third-order valence-electron chi connectivity index (χ3n) is 4.71. The van der Waals surface area contributed by atoms with Gasteiger partial charge >= 0.3 is 5.97 Å². The van der Waals surface area contributed by atoms with Gasteiger partial charge in [0.25, 0.3) is 5.91 Å². The monoisotopic (exact) mass is 421 g/mol. The van der Waals surface area contributed by atoms with Crippen LogP contribution in [-0.2, 0) is 22.4 Å². The number of nitrogens with one attached hydrogen (secondary N) is 1. The number of anilines is 1. The molecule has 0 aliphatic heterocycles. The Bertz CT molecular complexity index is 879. The predicted octanol–water partition coefficient (Wildman–Crippen LogP) is 5.11.